The maximum atomic E-state index is 11.1. The molecule has 1 N–H and O–H groups in total. The number of aromatic nitrogens is 2. The largest absolute Gasteiger partial charge is 0.474 e. The second kappa shape index (κ2) is 4.55. The normalized spacial score (nSPS) is 10.0. The zero-order valence-electron chi connectivity index (χ0n) is 8.44. The van der Waals surface area contributed by atoms with E-state index in [0.717, 1.165) is 0 Å². The number of ether oxygens (including phenoxy) is 1. The molecule has 1 heterocycles. The number of carbonyl (C=O) groups excluding carboxylic acids is 1. The third-order valence-electron chi connectivity index (χ3n) is 1.44. The van der Waals surface area contributed by atoms with Crippen LogP contribution in [0.4, 0.5) is 0 Å². The maximum absolute atomic E-state index is 11.1. The maximum Gasteiger partial charge on any atom is 0.271 e. The summed E-state index contributed by atoms with van der Waals surface area (Å²) < 4.78 is 5.28. The number of nitrogens with zero attached hydrogens (tertiary/aromatic N) is 2. The second-order valence-corrected chi connectivity index (χ2v) is 2.99. The fraction of sp³-hybridized carbons (Fsp3) is 0.444. The smallest absolute Gasteiger partial charge is 0.271 e. The predicted octanol–water partition coefficient (Wildman–Crippen LogP) is 0.623. The molecule has 0 aliphatic carbocycles. The number of rotatable bonds is 3. The van der Waals surface area contributed by atoms with Crippen LogP contribution in [0.3, 0.4) is 0 Å². The lowest BCUT2D eigenvalue weighted by Crippen LogP contribution is -2.19. The van der Waals surface area contributed by atoms with Gasteiger partial charge >= 0.3 is 0 Å². The minimum absolute atomic E-state index is 0.0511. The first-order valence-electron chi connectivity index (χ1n) is 4.34. The third-order valence-corrected chi connectivity index (χ3v) is 1.44. The van der Waals surface area contributed by atoms with Crippen LogP contribution in [0.25, 0.3) is 0 Å². The zero-order chi connectivity index (χ0) is 10.6. The first-order valence-corrected chi connectivity index (χ1v) is 4.34. The lowest BCUT2D eigenvalue weighted by atomic mass is 10.4. The van der Waals surface area contributed by atoms with Crippen LogP contribution in [-0.2, 0) is 0 Å². The lowest BCUT2D eigenvalue weighted by molar-refractivity contribution is 0.0957. The lowest BCUT2D eigenvalue weighted by Gasteiger charge is -2.07. The van der Waals surface area contributed by atoms with Crippen LogP contribution in [0.15, 0.2) is 12.4 Å². The Morgan fingerprint density at radius 1 is 1.43 bits per heavy atom. The van der Waals surface area contributed by atoms with Gasteiger partial charge in [-0.3, -0.25) is 4.79 Å². The Morgan fingerprint density at radius 2 is 2.14 bits per heavy atom. The van der Waals surface area contributed by atoms with Gasteiger partial charge in [-0.15, -0.1) is 0 Å². The van der Waals surface area contributed by atoms with Gasteiger partial charge in [-0.05, 0) is 13.8 Å². The summed E-state index contributed by atoms with van der Waals surface area (Å²) in [6, 6.07) is 0. The fourth-order valence-corrected chi connectivity index (χ4v) is 0.864. The zero-order valence-corrected chi connectivity index (χ0v) is 8.44. The molecule has 0 spiro atoms. The molecule has 1 aromatic heterocycles. The van der Waals surface area contributed by atoms with E-state index in [1.165, 1.54) is 12.4 Å². The van der Waals surface area contributed by atoms with Gasteiger partial charge in [0.15, 0.2) is 0 Å². The molecule has 0 bridgehead atoms. The summed E-state index contributed by atoms with van der Waals surface area (Å²) in [6.07, 6.45) is 2.87. The Bertz CT molecular complexity index is 308. The molecule has 14 heavy (non-hydrogen) atoms. The Hall–Kier alpha value is -1.65. The van der Waals surface area contributed by atoms with Gasteiger partial charge in [0.25, 0.3) is 5.91 Å². The highest BCUT2D eigenvalue weighted by Crippen LogP contribution is 2.05. The van der Waals surface area contributed by atoms with Gasteiger partial charge in [-0.1, -0.05) is 0 Å². The van der Waals surface area contributed by atoms with Crippen molar-refractivity contribution < 1.29 is 9.53 Å². The van der Waals surface area contributed by atoms with Crippen LogP contribution < -0.4 is 10.1 Å². The number of amides is 1. The highest BCUT2D eigenvalue weighted by atomic mass is 16.5. The molecule has 0 aromatic carbocycles. The van der Waals surface area contributed by atoms with E-state index in [1.807, 2.05) is 13.8 Å². The van der Waals surface area contributed by atoms with Gasteiger partial charge in [0.2, 0.25) is 5.88 Å². The Labute approximate surface area is 82.5 Å². The molecular formula is C9H13N3O2. The molecule has 1 aromatic rings. The highest BCUT2D eigenvalue weighted by molar-refractivity contribution is 5.91. The molecule has 5 nitrogen and oxygen atoms in total. The Kier molecular flexibility index (Phi) is 3.39. The van der Waals surface area contributed by atoms with E-state index in [-0.39, 0.29) is 17.7 Å². The molecular weight excluding hydrogens is 182 g/mol. The van der Waals surface area contributed by atoms with Crippen molar-refractivity contribution in [3.8, 4) is 5.88 Å². The Morgan fingerprint density at radius 3 is 2.57 bits per heavy atom. The van der Waals surface area contributed by atoms with Crippen LogP contribution in [-0.4, -0.2) is 29.0 Å². The molecule has 0 aliphatic rings. The summed E-state index contributed by atoms with van der Waals surface area (Å²) >= 11 is 0. The molecule has 0 unspecified atom stereocenters. The van der Waals surface area contributed by atoms with E-state index in [9.17, 15) is 4.79 Å². The highest BCUT2D eigenvalue weighted by Gasteiger charge is 2.06. The standard InChI is InChI=1S/C9H13N3O2/c1-6(2)14-8-5-11-7(4-12-8)9(13)10-3/h4-6H,1-3H3,(H,10,13). The van der Waals surface area contributed by atoms with E-state index >= 15 is 0 Å². The minimum Gasteiger partial charge on any atom is -0.474 e. The van der Waals surface area contributed by atoms with Crippen molar-refractivity contribution in [2.24, 2.45) is 0 Å². The first-order chi connectivity index (χ1) is 6.63. The molecule has 1 amide bonds. The fourth-order valence-electron chi connectivity index (χ4n) is 0.864. The van der Waals surface area contributed by atoms with Gasteiger partial charge in [-0.2, -0.15) is 0 Å². The van der Waals surface area contributed by atoms with Crippen molar-refractivity contribution in [2.75, 3.05) is 7.05 Å². The molecule has 0 saturated carbocycles. The van der Waals surface area contributed by atoms with E-state index in [4.69, 9.17) is 4.74 Å². The van der Waals surface area contributed by atoms with Gasteiger partial charge < -0.3 is 10.1 Å². The SMILES string of the molecule is CNC(=O)c1cnc(OC(C)C)cn1. The van der Waals surface area contributed by atoms with Crippen LogP contribution in [0.2, 0.25) is 0 Å². The number of nitrogens with one attached hydrogen (secondary N) is 1. The van der Waals surface area contributed by atoms with Crippen LogP contribution in [0, 0.1) is 0 Å². The average Bonchev–Trinajstić information content (AvgIpc) is 2.17. The van der Waals surface area contributed by atoms with Gasteiger partial charge in [0, 0.05) is 7.05 Å². The summed E-state index contributed by atoms with van der Waals surface area (Å²) in [5.41, 5.74) is 0.281. The van der Waals surface area contributed by atoms with Crippen LogP contribution >= 0.6 is 0 Å². The summed E-state index contributed by atoms with van der Waals surface area (Å²) in [5.74, 6) is 0.168. The molecule has 1 rings (SSSR count). The van der Waals surface area contributed by atoms with Crippen molar-refractivity contribution in [1.82, 2.24) is 15.3 Å². The second-order valence-electron chi connectivity index (χ2n) is 2.99. The van der Waals surface area contributed by atoms with Crippen molar-refractivity contribution in [1.29, 1.82) is 0 Å². The van der Waals surface area contributed by atoms with Crippen molar-refractivity contribution in [2.45, 2.75) is 20.0 Å². The van der Waals surface area contributed by atoms with Crippen LogP contribution in [0.1, 0.15) is 24.3 Å². The molecule has 0 saturated heterocycles. The molecule has 0 radical (unpaired) electrons. The van der Waals surface area contributed by atoms with Gasteiger partial charge in [0.05, 0.1) is 18.5 Å². The molecule has 0 atom stereocenters. The Balaban J connectivity index is 2.73. The summed E-state index contributed by atoms with van der Waals surface area (Å²) in [6.45, 7) is 3.79. The number of carbonyl (C=O) groups is 1. The number of hydrogen-bond donors (Lipinski definition) is 1. The molecule has 0 aliphatic heterocycles. The molecule has 5 heteroatoms. The molecule has 0 fully saturated rings. The summed E-state index contributed by atoms with van der Waals surface area (Å²) in [7, 11) is 1.54. The molecule has 76 valence electrons. The van der Waals surface area contributed by atoms with Crippen molar-refractivity contribution in [3.63, 3.8) is 0 Å². The predicted molar refractivity (Wildman–Crippen MR) is 51.2 cm³/mol. The van der Waals surface area contributed by atoms with E-state index < -0.39 is 0 Å². The van der Waals surface area contributed by atoms with E-state index in [1.54, 1.807) is 7.05 Å². The first kappa shape index (κ1) is 10.4. The monoisotopic (exact) mass is 195 g/mol. The topological polar surface area (TPSA) is 64.1 Å². The van der Waals surface area contributed by atoms with Gasteiger partial charge in [-0.25, -0.2) is 9.97 Å². The van der Waals surface area contributed by atoms with Crippen molar-refractivity contribution >= 4 is 5.91 Å². The number of hydrogen-bond acceptors (Lipinski definition) is 4. The van der Waals surface area contributed by atoms with Gasteiger partial charge in [0.1, 0.15) is 5.69 Å². The quantitative estimate of drug-likeness (QED) is 0.768. The third kappa shape index (κ3) is 2.69. The summed E-state index contributed by atoms with van der Waals surface area (Å²) in [5, 5.41) is 2.46. The van der Waals surface area contributed by atoms with E-state index in [2.05, 4.69) is 15.3 Å². The van der Waals surface area contributed by atoms with E-state index in [0.29, 0.717) is 5.88 Å². The van der Waals surface area contributed by atoms with Crippen LogP contribution in [0.5, 0.6) is 5.88 Å². The average molecular weight is 195 g/mol. The minimum atomic E-state index is -0.256. The summed E-state index contributed by atoms with van der Waals surface area (Å²) in [4.78, 5) is 18.9. The van der Waals surface area contributed by atoms with Crippen molar-refractivity contribution in [3.05, 3.63) is 18.1 Å².